The lowest BCUT2D eigenvalue weighted by Crippen LogP contribution is -2.36. The van der Waals surface area contributed by atoms with Crippen molar-refractivity contribution >= 4 is 11.8 Å². The van der Waals surface area contributed by atoms with Crippen LogP contribution in [0.5, 0.6) is 0 Å². The van der Waals surface area contributed by atoms with Gasteiger partial charge in [0.25, 0.3) is 0 Å². The number of hydrogen-bond acceptors (Lipinski definition) is 3. The molecule has 0 amide bonds. The van der Waals surface area contributed by atoms with E-state index in [-0.39, 0.29) is 30.1 Å². The van der Waals surface area contributed by atoms with Crippen LogP contribution >= 0.6 is 0 Å². The molecule has 1 saturated carbocycles. The summed E-state index contributed by atoms with van der Waals surface area (Å²) in [6.45, 7) is 11.2. The van der Waals surface area contributed by atoms with Gasteiger partial charge >= 0.3 is 5.97 Å². The van der Waals surface area contributed by atoms with Crippen LogP contribution in [0.1, 0.15) is 39.5 Å². The van der Waals surface area contributed by atoms with Crippen LogP contribution in [0.2, 0.25) is 0 Å². The van der Waals surface area contributed by atoms with E-state index in [0.29, 0.717) is 12.8 Å². The monoisotopic (exact) mass is 266 g/mol. The minimum Gasteiger partial charge on any atom is -0.481 e. The summed E-state index contributed by atoms with van der Waals surface area (Å²) in [5.74, 6) is -1.04. The van der Waals surface area contributed by atoms with Crippen molar-refractivity contribution in [3.63, 3.8) is 0 Å². The zero-order chi connectivity index (χ0) is 14.8. The number of aliphatic hydroxyl groups is 1. The van der Waals surface area contributed by atoms with Crippen molar-refractivity contribution in [3.8, 4) is 0 Å². The first-order chi connectivity index (χ1) is 8.68. The third-order valence-corrected chi connectivity index (χ3v) is 4.09. The number of carbonyl (C=O) groups excluding carboxylic acids is 1. The molecule has 0 radical (unpaired) electrons. The van der Waals surface area contributed by atoms with Crippen LogP contribution in [0.25, 0.3) is 0 Å². The first-order valence-electron chi connectivity index (χ1n) is 6.46. The van der Waals surface area contributed by atoms with Crippen LogP contribution in [0, 0.1) is 11.3 Å². The largest absolute Gasteiger partial charge is 0.481 e. The number of rotatable bonds is 6. The normalized spacial score (nSPS) is 30.1. The van der Waals surface area contributed by atoms with E-state index in [1.165, 1.54) is 0 Å². The number of carboxylic acids is 1. The number of aliphatic carboxylic acids is 1. The van der Waals surface area contributed by atoms with Gasteiger partial charge < -0.3 is 10.2 Å². The molecule has 2 N–H and O–H groups in total. The molecule has 106 valence electrons. The van der Waals surface area contributed by atoms with E-state index < -0.39 is 17.5 Å². The molecule has 0 heterocycles. The van der Waals surface area contributed by atoms with Gasteiger partial charge in [0.1, 0.15) is 0 Å². The molecule has 0 aliphatic heterocycles. The highest BCUT2D eigenvalue weighted by Crippen LogP contribution is 2.46. The highest BCUT2D eigenvalue weighted by molar-refractivity contribution is 6.00. The van der Waals surface area contributed by atoms with Gasteiger partial charge in [0.05, 0.1) is 11.5 Å². The molecular formula is C15H22O4. The fraction of sp³-hybridized carbons (Fsp3) is 0.600. The second-order valence-electron chi connectivity index (χ2n) is 5.74. The maximum absolute atomic E-state index is 12.4. The summed E-state index contributed by atoms with van der Waals surface area (Å²) in [5.41, 5.74) is 0.386. The highest BCUT2D eigenvalue weighted by Gasteiger charge is 2.48. The van der Waals surface area contributed by atoms with Gasteiger partial charge in [0.15, 0.2) is 5.78 Å². The standard InChI is InChI=1S/C15H22O4/c1-9(2)11-7-12(16)15(4,8-11)14(19)10(3)5-6-13(17)18/h11-12,16H,1,3,5-8H2,2,4H3,(H,17,18). The molecule has 1 aliphatic carbocycles. The summed E-state index contributed by atoms with van der Waals surface area (Å²) in [6, 6.07) is 0. The van der Waals surface area contributed by atoms with E-state index >= 15 is 0 Å². The van der Waals surface area contributed by atoms with Gasteiger partial charge in [-0.3, -0.25) is 9.59 Å². The first-order valence-corrected chi connectivity index (χ1v) is 6.46. The summed E-state index contributed by atoms with van der Waals surface area (Å²) in [4.78, 5) is 22.9. The van der Waals surface area contributed by atoms with Gasteiger partial charge in [0.2, 0.25) is 0 Å². The Kier molecular flexibility index (Phi) is 4.69. The number of carbonyl (C=O) groups is 2. The maximum Gasteiger partial charge on any atom is 0.303 e. The average molecular weight is 266 g/mol. The topological polar surface area (TPSA) is 74.6 Å². The van der Waals surface area contributed by atoms with Crippen LogP contribution in [0.4, 0.5) is 0 Å². The van der Waals surface area contributed by atoms with Crippen molar-refractivity contribution in [2.45, 2.75) is 45.6 Å². The molecule has 3 atom stereocenters. The van der Waals surface area contributed by atoms with Crippen molar-refractivity contribution in [3.05, 3.63) is 24.3 Å². The molecule has 3 unspecified atom stereocenters. The van der Waals surface area contributed by atoms with Crippen molar-refractivity contribution in [1.82, 2.24) is 0 Å². The Morgan fingerprint density at radius 3 is 2.32 bits per heavy atom. The van der Waals surface area contributed by atoms with Crippen LogP contribution < -0.4 is 0 Å². The second kappa shape index (κ2) is 5.70. The molecule has 19 heavy (non-hydrogen) atoms. The van der Waals surface area contributed by atoms with E-state index in [1.807, 2.05) is 6.92 Å². The quantitative estimate of drug-likeness (QED) is 0.571. The molecule has 0 saturated heterocycles. The number of ketones is 1. The van der Waals surface area contributed by atoms with E-state index in [4.69, 9.17) is 5.11 Å². The molecule has 1 fully saturated rings. The SMILES string of the molecule is C=C(CCC(=O)O)C(=O)C1(C)CC(C(=C)C)CC1O. The van der Waals surface area contributed by atoms with Crippen molar-refractivity contribution in [2.75, 3.05) is 0 Å². The van der Waals surface area contributed by atoms with Crippen LogP contribution in [-0.4, -0.2) is 28.1 Å². The van der Waals surface area contributed by atoms with Crippen molar-refractivity contribution in [2.24, 2.45) is 11.3 Å². The Morgan fingerprint density at radius 1 is 1.32 bits per heavy atom. The van der Waals surface area contributed by atoms with E-state index in [1.54, 1.807) is 6.92 Å². The van der Waals surface area contributed by atoms with Gasteiger partial charge in [-0.05, 0) is 44.6 Å². The summed E-state index contributed by atoms with van der Waals surface area (Å²) in [5, 5.41) is 18.8. The Morgan fingerprint density at radius 2 is 1.89 bits per heavy atom. The second-order valence-corrected chi connectivity index (χ2v) is 5.74. The summed E-state index contributed by atoms with van der Waals surface area (Å²) in [6.07, 6.45) is 0.385. The smallest absolute Gasteiger partial charge is 0.303 e. The number of Topliss-reactive ketones (excluding diaryl/α,β-unsaturated/α-hetero) is 1. The molecule has 0 aromatic rings. The third kappa shape index (κ3) is 3.32. The number of aliphatic hydroxyl groups excluding tert-OH is 1. The molecule has 0 spiro atoms. The van der Waals surface area contributed by atoms with Crippen LogP contribution in [0.15, 0.2) is 24.3 Å². The number of hydrogen-bond donors (Lipinski definition) is 2. The maximum atomic E-state index is 12.4. The zero-order valence-electron chi connectivity index (χ0n) is 11.6. The fourth-order valence-corrected chi connectivity index (χ4v) is 2.66. The Hall–Kier alpha value is -1.42. The predicted octanol–water partition coefficient (Wildman–Crippen LogP) is 2.33. The summed E-state index contributed by atoms with van der Waals surface area (Å²) in [7, 11) is 0. The minimum absolute atomic E-state index is 0.110. The molecule has 4 heteroatoms. The van der Waals surface area contributed by atoms with E-state index in [9.17, 15) is 14.7 Å². The van der Waals surface area contributed by atoms with Gasteiger partial charge in [-0.15, -0.1) is 0 Å². The number of allylic oxidation sites excluding steroid dienone is 2. The Balaban J connectivity index is 2.77. The first kappa shape index (κ1) is 15.6. The molecule has 0 aromatic carbocycles. The number of carboxylic acid groups (broad SMARTS) is 1. The highest BCUT2D eigenvalue weighted by atomic mass is 16.4. The van der Waals surface area contributed by atoms with Gasteiger partial charge in [-0.1, -0.05) is 18.7 Å². The van der Waals surface area contributed by atoms with Crippen LogP contribution in [-0.2, 0) is 9.59 Å². The molecule has 1 rings (SSSR count). The fourth-order valence-electron chi connectivity index (χ4n) is 2.66. The third-order valence-electron chi connectivity index (χ3n) is 4.09. The van der Waals surface area contributed by atoms with Gasteiger partial charge in [-0.25, -0.2) is 0 Å². The van der Waals surface area contributed by atoms with Gasteiger partial charge in [-0.2, -0.15) is 0 Å². The molecule has 0 bridgehead atoms. The predicted molar refractivity (Wildman–Crippen MR) is 72.7 cm³/mol. The van der Waals surface area contributed by atoms with E-state index in [2.05, 4.69) is 13.2 Å². The van der Waals surface area contributed by atoms with Gasteiger partial charge in [0, 0.05) is 6.42 Å². The average Bonchev–Trinajstić information content (AvgIpc) is 2.63. The zero-order valence-corrected chi connectivity index (χ0v) is 11.6. The van der Waals surface area contributed by atoms with E-state index in [0.717, 1.165) is 5.57 Å². The lowest BCUT2D eigenvalue weighted by molar-refractivity contribution is -0.137. The molecule has 4 nitrogen and oxygen atoms in total. The molecular weight excluding hydrogens is 244 g/mol. The Bertz CT molecular complexity index is 424. The van der Waals surface area contributed by atoms with Crippen LogP contribution in [0.3, 0.4) is 0 Å². The molecule has 0 aromatic heterocycles. The lowest BCUT2D eigenvalue weighted by atomic mass is 9.77. The lowest BCUT2D eigenvalue weighted by Gasteiger charge is -2.27. The summed E-state index contributed by atoms with van der Waals surface area (Å²) < 4.78 is 0. The van der Waals surface area contributed by atoms with Crippen molar-refractivity contribution in [1.29, 1.82) is 0 Å². The van der Waals surface area contributed by atoms with Crippen molar-refractivity contribution < 1.29 is 19.8 Å². The minimum atomic E-state index is -0.953. The Labute approximate surface area is 113 Å². The molecule has 1 aliphatic rings. The summed E-state index contributed by atoms with van der Waals surface area (Å²) >= 11 is 0.